The maximum atomic E-state index is 12.5. The zero-order chi connectivity index (χ0) is 27.9. The van der Waals surface area contributed by atoms with Crippen molar-refractivity contribution < 1.29 is 32.0 Å². The molecule has 0 aliphatic carbocycles. The topological polar surface area (TPSA) is 107 Å². The number of benzene rings is 1. The molecular weight excluding hydrogens is 504 g/mol. The molecule has 0 heterocycles. The Balaban J connectivity index is 2.08. The smallest absolute Gasteiger partial charge is 0.339 e. The maximum absolute atomic E-state index is 12.5. The molecule has 0 fully saturated rings. The third-order valence-corrected chi connectivity index (χ3v) is 7.43. The van der Waals surface area contributed by atoms with Crippen molar-refractivity contribution in [3.8, 4) is 0 Å². The van der Waals surface area contributed by atoms with Gasteiger partial charge in [-0.3, -0.25) is 4.55 Å². The lowest BCUT2D eigenvalue weighted by Crippen LogP contribution is -2.15. The normalized spacial score (nSPS) is 11.4. The second-order valence-electron chi connectivity index (χ2n) is 10.1. The second-order valence-corrected chi connectivity index (χ2v) is 11.7. The summed E-state index contributed by atoms with van der Waals surface area (Å²) in [7, 11) is -4.02. The van der Waals surface area contributed by atoms with E-state index < -0.39 is 22.1 Å². The minimum absolute atomic E-state index is 0.00305. The highest BCUT2D eigenvalue weighted by molar-refractivity contribution is 7.85. The molecule has 0 saturated carbocycles. The van der Waals surface area contributed by atoms with Gasteiger partial charge in [0.25, 0.3) is 10.1 Å². The van der Waals surface area contributed by atoms with Crippen LogP contribution in [-0.4, -0.2) is 43.9 Å². The van der Waals surface area contributed by atoms with Crippen LogP contribution < -0.4 is 0 Å². The minimum Gasteiger partial charge on any atom is -0.462 e. The number of hydrogen-bond acceptors (Lipinski definition) is 6. The van der Waals surface area contributed by atoms with Gasteiger partial charge in [0.15, 0.2) is 0 Å². The van der Waals surface area contributed by atoms with E-state index in [0.29, 0.717) is 6.61 Å². The van der Waals surface area contributed by atoms with Crippen LogP contribution in [0.1, 0.15) is 143 Å². The number of unbranched alkanes of at least 4 members (excludes halogenated alkanes) is 16. The van der Waals surface area contributed by atoms with Crippen molar-refractivity contribution in [3.05, 3.63) is 35.4 Å². The molecule has 0 saturated heterocycles. The summed E-state index contributed by atoms with van der Waals surface area (Å²) < 4.78 is 40.7. The number of carbonyl (C=O) groups is 2. The van der Waals surface area contributed by atoms with E-state index in [1.165, 1.54) is 95.6 Å². The van der Waals surface area contributed by atoms with Gasteiger partial charge in [0.05, 0.1) is 30.1 Å². The van der Waals surface area contributed by atoms with Gasteiger partial charge >= 0.3 is 11.9 Å². The van der Waals surface area contributed by atoms with Crippen LogP contribution in [0.3, 0.4) is 0 Å². The fourth-order valence-electron chi connectivity index (χ4n) is 4.36. The van der Waals surface area contributed by atoms with Gasteiger partial charge in [-0.15, -0.1) is 0 Å². The van der Waals surface area contributed by atoms with Crippen molar-refractivity contribution in [1.82, 2.24) is 0 Å². The number of esters is 2. The summed E-state index contributed by atoms with van der Waals surface area (Å²) in [4.78, 5) is 24.9. The van der Waals surface area contributed by atoms with Gasteiger partial charge in [0.2, 0.25) is 0 Å². The summed E-state index contributed by atoms with van der Waals surface area (Å²) >= 11 is 0. The molecule has 0 spiro atoms. The van der Waals surface area contributed by atoms with Crippen molar-refractivity contribution in [2.24, 2.45) is 0 Å². The lowest BCUT2D eigenvalue weighted by Gasteiger charge is -2.10. The molecule has 0 aromatic heterocycles. The van der Waals surface area contributed by atoms with E-state index in [1.54, 1.807) is 12.1 Å². The fourth-order valence-corrected chi connectivity index (χ4v) is 4.93. The molecular formula is C30H50O7S. The second kappa shape index (κ2) is 21.9. The number of hydrogen-bond donors (Lipinski definition) is 1. The minimum atomic E-state index is -4.02. The predicted molar refractivity (Wildman–Crippen MR) is 152 cm³/mol. The summed E-state index contributed by atoms with van der Waals surface area (Å²) in [6.45, 7) is 2.57. The molecule has 0 radical (unpaired) electrons. The predicted octanol–water partition coefficient (Wildman–Crippen LogP) is 7.93. The molecule has 218 valence electrons. The third-order valence-electron chi connectivity index (χ3n) is 6.63. The molecule has 1 aromatic carbocycles. The molecule has 8 heteroatoms. The Labute approximate surface area is 230 Å². The average molecular weight is 555 g/mol. The molecule has 1 aromatic rings. The summed E-state index contributed by atoms with van der Waals surface area (Å²) in [5.74, 6) is -1.59. The zero-order valence-electron chi connectivity index (χ0n) is 23.5. The van der Waals surface area contributed by atoms with E-state index >= 15 is 0 Å². The highest BCUT2D eigenvalue weighted by Crippen LogP contribution is 2.15. The quantitative estimate of drug-likeness (QED) is 0.0785. The van der Waals surface area contributed by atoms with E-state index in [4.69, 9.17) is 14.0 Å². The number of carbonyl (C=O) groups excluding carboxylic acids is 2. The van der Waals surface area contributed by atoms with Gasteiger partial charge in [-0.1, -0.05) is 115 Å². The van der Waals surface area contributed by atoms with Crippen LogP contribution in [0.2, 0.25) is 0 Å². The van der Waals surface area contributed by atoms with Crippen LogP contribution in [0.4, 0.5) is 0 Å². The van der Waals surface area contributed by atoms with Crippen LogP contribution in [0.15, 0.2) is 24.3 Å². The lowest BCUT2D eigenvalue weighted by molar-refractivity contribution is 0.0451. The highest BCUT2D eigenvalue weighted by atomic mass is 32.2. The Morgan fingerprint density at radius 3 is 1.32 bits per heavy atom. The first-order valence-corrected chi connectivity index (χ1v) is 16.3. The first-order chi connectivity index (χ1) is 18.3. The van der Waals surface area contributed by atoms with Gasteiger partial charge in [0.1, 0.15) is 0 Å². The molecule has 0 bridgehead atoms. The molecule has 7 nitrogen and oxygen atoms in total. The Hall–Kier alpha value is -1.93. The van der Waals surface area contributed by atoms with Crippen LogP contribution in [-0.2, 0) is 19.6 Å². The Kier molecular flexibility index (Phi) is 19.7. The summed E-state index contributed by atoms with van der Waals surface area (Å²) in [5.41, 5.74) is 0.284. The van der Waals surface area contributed by atoms with E-state index in [-0.39, 0.29) is 36.3 Å². The van der Waals surface area contributed by atoms with Gasteiger partial charge in [-0.2, -0.15) is 8.42 Å². The van der Waals surface area contributed by atoms with Gasteiger partial charge in [0, 0.05) is 0 Å². The van der Waals surface area contributed by atoms with E-state index in [0.717, 1.165) is 19.3 Å². The maximum Gasteiger partial charge on any atom is 0.339 e. The van der Waals surface area contributed by atoms with Crippen LogP contribution >= 0.6 is 0 Å². The van der Waals surface area contributed by atoms with Crippen molar-refractivity contribution in [2.45, 2.75) is 122 Å². The third kappa shape index (κ3) is 18.3. The molecule has 0 amide bonds. The van der Waals surface area contributed by atoms with E-state index in [9.17, 15) is 18.0 Å². The number of rotatable bonds is 24. The molecule has 0 atom stereocenters. The largest absolute Gasteiger partial charge is 0.462 e. The van der Waals surface area contributed by atoms with Crippen molar-refractivity contribution in [1.29, 1.82) is 0 Å². The molecule has 0 aliphatic rings. The average Bonchev–Trinajstić information content (AvgIpc) is 2.89. The first-order valence-electron chi connectivity index (χ1n) is 14.7. The summed E-state index contributed by atoms with van der Waals surface area (Å²) in [6, 6.07) is 6.34. The SMILES string of the molecule is CCCCCCCCCCCCCCCCCCOC(=O)c1ccccc1C(=O)OCCCCS(=O)(=O)O. The van der Waals surface area contributed by atoms with Crippen molar-refractivity contribution >= 4 is 22.1 Å². The van der Waals surface area contributed by atoms with Gasteiger partial charge < -0.3 is 9.47 Å². The summed E-state index contributed by atoms with van der Waals surface area (Å²) in [5, 5.41) is 0. The molecule has 1 N–H and O–H groups in total. The van der Waals surface area contributed by atoms with Crippen molar-refractivity contribution in [3.63, 3.8) is 0 Å². The standard InChI is InChI=1S/C30H50O7S/c1-2-3-4-5-6-7-8-9-10-11-12-13-14-15-16-19-24-36-29(31)27-22-17-18-23-28(27)30(32)37-25-20-21-26-38(33,34)35/h17-18,22-23H,2-16,19-21,24-26H2,1H3,(H,33,34,35). The lowest BCUT2D eigenvalue weighted by atomic mass is 10.0. The highest BCUT2D eigenvalue weighted by Gasteiger charge is 2.19. The molecule has 38 heavy (non-hydrogen) atoms. The molecule has 0 aliphatic heterocycles. The fraction of sp³-hybridized carbons (Fsp3) is 0.733. The van der Waals surface area contributed by atoms with Crippen LogP contribution in [0, 0.1) is 0 Å². The first kappa shape index (κ1) is 34.1. The van der Waals surface area contributed by atoms with E-state index in [2.05, 4.69) is 6.92 Å². The van der Waals surface area contributed by atoms with Crippen LogP contribution in [0.5, 0.6) is 0 Å². The Morgan fingerprint density at radius 1 is 0.605 bits per heavy atom. The van der Waals surface area contributed by atoms with Crippen LogP contribution in [0.25, 0.3) is 0 Å². The molecule has 0 unspecified atom stereocenters. The molecule has 1 rings (SSSR count). The number of ether oxygens (including phenoxy) is 2. The van der Waals surface area contributed by atoms with Gasteiger partial charge in [-0.05, 0) is 31.4 Å². The summed E-state index contributed by atoms with van der Waals surface area (Å²) in [6.07, 6.45) is 20.9. The monoisotopic (exact) mass is 554 g/mol. The van der Waals surface area contributed by atoms with Gasteiger partial charge in [-0.25, -0.2) is 9.59 Å². The zero-order valence-corrected chi connectivity index (χ0v) is 24.3. The van der Waals surface area contributed by atoms with Crippen molar-refractivity contribution in [2.75, 3.05) is 19.0 Å². The Morgan fingerprint density at radius 2 is 0.947 bits per heavy atom. The van der Waals surface area contributed by atoms with E-state index in [1.807, 2.05) is 0 Å². The Bertz CT molecular complexity index is 867.